The van der Waals surface area contributed by atoms with Crippen molar-refractivity contribution in [1.82, 2.24) is 14.7 Å². The van der Waals surface area contributed by atoms with Gasteiger partial charge >= 0.3 is 0 Å². The Morgan fingerprint density at radius 2 is 1.61 bits per heavy atom. The number of para-hydroxylation sites is 2. The van der Waals surface area contributed by atoms with Gasteiger partial charge < -0.3 is 23.2 Å². The average Bonchev–Trinajstić information content (AvgIpc) is 3.68. The zero-order valence-electron chi connectivity index (χ0n) is 20.0. The quantitative estimate of drug-likeness (QED) is 0.259. The first-order valence-electron chi connectivity index (χ1n) is 11.4. The minimum absolute atomic E-state index is 0.197. The van der Waals surface area contributed by atoms with Gasteiger partial charge in [-0.05, 0) is 36.4 Å². The zero-order valence-corrected chi connectivity index (χ0v) is 20.0. The van der Waals surface area contributed by atoms with Gasteiger partial charge in [-0.1, -0.05) is 42.5 Å². The first-order chi connectivity index (χ1) is 17.6. The lowest BCUT2D eigenvalue weighted by atomic mass is 10.1. The Hall–Kier alpha value is -4.72. The summed E-state index contributed by atoms with van der Waals surface area (Å²) in [6, 6.07) is 24.1. The molecule has 0 atom stereocenters. The summed E-state index contributed by atoms with van der Waals surface area (Å²) in [4.78, 5) is 15.1. The molecule has 5 rings (SSSR count). The molecular weight excluding hydrogens is 458 g/mol. The van der Waals surface area contributed by atoms with Crippen LogP contribution in [-0.4, -0.2) is 27.7 Å². The fraction of sp³-hybridized carbons (Fsp3) is 0.143. The van der Waals surface area contributed by atoms with E-state index in [9.17, 15) is 4.79 Å². The second kappa shape index (κ2) is 10.3. The topological polar surface area (TPSA) is 82.9 Å². The standard InChI is InChI=1S/C28H25N3O5/c1-30-28(36-24-14-7-6-13-23(24)33-2)22(26(29-30)20-10-4-3-5-11-20)19-31(18-21-12-8-16-34-21)27(32)25-15-9-17-35-25/h3-17H,18-19H2,1-2H3. The van der Waals surface area contributed by atoms with E-state index in [1.54, 1.807) is 41.2 Å². The Kier molecular flexibility index (Phi) is 6.57. The number of carbonyl (C=O) groups excluding carboxylic acids is 1. The van der Waals surface area contributed by atoms with E-state index >= 15 is 0 Å². The average molecular weight is 484 g/mol. The van der Waals surface area contributed by atoms with Crippen molar-refractivity contribution in [3.05, 3.63) is 108 Å². The third-order valence-corrected chi connectivity index (χ3v) is 5.71. The van der Waals surface area contributed by atoms with E-state index in [1.807, 2.05) is 67.7 Å². The van der Waals surface area contributed by atoms with Gasteiger partial charge in [-0.25, -0.2) is 4.68 Å². The van der Waals surface area contributed by atoms with Gasteiger partial charge in [-0.3, -0.25) is 4.79 Å². The molecule has 1 amide bonds. The maximum Gasteiger partial charge on any atom is 0.290 e. The number of carbonyl (C=O) groups is 1. The molecule has 0 N–H and O–H groups in total. The normalized spacial score (nSPS) is 10.8. The van der Waals surface area contributed by atoms with Gasteiger partial charge in [-0.2, -0.15) is 5.10 Å². The molecule has 0 saturated carbocycles. The van der Waals surface area contributed by atoms with E-state index < -0.39 is 0 Å². The van der Waals surface area contributed by atoms with Gasteiger partial charge in [0, 0.05) is 12.6 Å². The number of nitrogens with zero attached hydrogens (tertiary/aromatic N) is 3. The molecule has 0 spiro atoms. The number of rotatable bonds is 9. The van der Waals surface area contributed by atoms with Crippen molar-refractivity contribution in [2.24, 2.45) is 7.05 Å². The fourth-order valence-electron chi connectivity index (χ4n) is 3.99. The monoisotopic (exact) mass is 483 g/mol. The fourth-order valence-corrected chi connectivity index (χ4v) is 3.99. The number of aryl methyl sites for hydroxylation is 1. The molecular formula is C28H25N3O5. The molecule has 0 aliphatic carbocycles. The van der Waals surface area contributed by atoms with Crippen molar-refractivity contribution in [3.63, 3.8) is 0 Å². The van der Waals surface area contributed by atoms with E-state index in [-0.39, 0.29) is 24.8 Å². The summed E-state index contributed by atoms with van der Waals surface area (Å²) >= 11 is 0. The van der Waals surface area contributed by atoms with Crippen molar-refractivity contribution in [2.45, 2.75) is 13.1 Å². The molecule has 8 heteroatoms. The molecule has 36 heavy (non-hydrogen) atoms. The Bertz CT molecular complexity index is 1420. The molecule has 0 aliphatic rings. The van der Waals surface area contributed by atoms with E-state index in [0.717, 1.165) is 11.1 Å². The lowest BCUT2D eigenvalue weighted by molar-refractivity contribution is 0.0684. The zero-order chi connectivity index (χ0) is 24.9. The lowest BCUT2D eigenvalue weighted by Crippen LogP contribution is -2.30. The summed E-state index contributed by atoms with van der Waals surface area (Å²) in [5.41, 5.74) is 2.35. The van der Waals surface area contributed by atoms with Gasteiger partial charge in [0.15, 0.2) is 17.3 Å². The number of ether oxygens (including phenoxy) is 2. The highest BCUT2D eigenvalue weighted by molar-refractivity contribution is 5.91. The van der Waals surface area contributed by atoms with Gasteiger partial charge in [0.1, 0.15) is 11.5 Å². The molecule has 3 heterocycles. The highest BCUT2D eigenvalue weighted by Gasteiger charge is 2.27. The van der Waals surface area contributed by atoms with Crippen LogP contribution in [0.2, 0.25) is 0 Å². The minimum atomic E-state index is -0.275. The van der Waals surface area contributed by atoms with Crippen molar-refractivity contribution in [2.75, 3.05) is 7.11 Å². The molecule has 182 valence electrons. The summed E-state index contributed by atoms with van der Waals surface area (Å²) in [6.07, 6.45) is 3.06. The largest absolute Gasteiger partial charge is 0.493 e. The van der Waals surface area contributed by atoms with Crippen molar-refractivity contribution < 1.29 is 23.1 Å². The van der Waals surface area contributed by atoms with Crippen LogP contribution in [-0.2, 0) is 20.1 Å². The van der Waals surface area contributed by atoms with Crippen LogP contribution in [0.4, 0.5) is 0 Å². The smallest absolute Gasteiger partial charge is 0.290 e. The number of methoxy groups -OCH3 is 1. The third kappa shape index (κ3) is 4.74. The Morgan fingerprint density at radius 1 is 0.889 bits per heavy atom. The van der Waals surface area contributed by atoms with Gasteiger partial charge in [0.2, 0.25) is 5.88 Å². The Morgan fingerprint density at radius 3 is 2.31 bits per heavy atom. The maximum atomic E-state index is 13.5. The molecule has 0 bridgehead atoms. The van der Waals surface area contributed by atoms with Crippen molar-refractivity contribution in [1.29, 1.82) is 0 Å². The van der Waals surface area contributed by atoms with E-state index in [2.05, 4.69) is 0 Å². The first kappa shape index (κ1) is 23.0. The SMILES string of the molecule is COc1ccccc1Oc1c(CN(Cc2ccco2)C(=O)c2ccco2)c(-c2ccccc2)nn1C. The number of hydrogen-bond acceptors (Lipinski definition) is 6. The molecule has 0 saturated heterocycles. The number of aromatic nitrogens is 2. The summed E-state index contributed by atoms with van der Waals surface area (Å²) in [5, 5.41) is 4.77. The number of hydrogen-bond donors (Lipinski definition) is 0. The maximum absolute atomic E-state index is 13.5. The second-order valence-electron chi connectivity index (χ2n) is 8.09. The Labute approximate surface area is 208 Å². The van der Waals surface area contributed by atoms with Gasteiger partial charge in [-0.15, -0.1) is 0 Å². The first-order valence-corrected chi connectivity index (χ1v) is 11.4. The summed E-state index contributed by atoms with van der Waals surface area (Å²) in [6.45, 7) is 0.437. The molecule has 8 nitrogen and oxygen atoms in total. The summed E-state index contributed by atoms with van der Waals surface area (Å²) in [5.74, 6) is 2.23. The molecule has 0 fully saturated rings. The number of benzene rings is 2. The molecule has 0 radical (unpaired) electrons. The molecule has 0 unspecified atom stereocenters. The minimum Gasteiger partial charge on any atom is -0.493 e. The van der Waals surface area contributed by atoms with Crippen LogP contribution in [0.15, 0.2) is 100 Å². The molecule has 0 aliphatic heterocycles. The molecule has 2 aromatic carbocycles. The summed E-state index contributed by atoms with van der Waals surface area (Å²) < 4.78 is 24.5. The van der Waals surface area contributed by atoms with Crippen LogP contribution in [0.3, 0.4) is 0 Å². The van der Waals surface area contributed by atoms with Gasteiger partial charge in [0.25, 0.3) is 5.91 Å². The molecule has 3 aromatic heterocycles. The summed E-state index contributed by atoms with van der Waals surface area (Å²) in [7, 11) is 3.40. The Balaban J connectivity index is 1.59. The van der Waals surface area contributed by atoms with Crippen LogP contribution in [0, 0.1) is 0 Å². The third-order valence-electron chi connectivity index (χ3n) is 5.71. The molecule has 5 aromatic rings. The number of amides is 1. The van der Waals surface area contributed by atoms with Gasteiger partial charge in [0.05, 0.1) is 38.3 Å². The predicted molar refractivity (Wildman–Crippen MR) is 133 cm³/mol. The van der Waals surface area contributed by atoms with Crippen LogP contribution < -0.4 is 9.47 Å². The van der Waals surface area contributed by atoms with E-state index in [0.29, 0.717) is 28.8 Å². The predicted octanol–water partition coefficient (Wildman–Crippen LogP) is 5.92. The van der Waals surface area contributed by atoms with E-state index in [1.165, 1.54) is 6.26 Å². The van der Waals surface area contributed by atoms with Crippen LogP contribution in [0.25, 0.3) is 11.3 Å². The van der Waals surface area contributed by atoms with E-state index in [4.69, 9.17) is 23.4 Å². The van der Waals surface area contributed by atoms with Crippen molar-refractivity contribution in [3.8, 4) is 28.6 Å². The number of furan rings is 2. The van der Waals surface area contributed by atoms with Crippen LogP contribution >= 0.6 is 0 Å². The highest BCUT2D eigenvalue weighted by Crippen LogP contribution is 2.37. The highest BCUT2D eigenvalue weighted by atomic mass is 16.5. The lowest BCUT2D eigenvalue weighted by Gasteiger charge is -2.22. The second-order valence-corrected chi connectivity index (χ2v) is 8.09. The van der Waals surface area contributed by atoms with Crippen LogP contribution in [0.5, 0.6) is 17.4 Å². The van der Waals surface area contributed by atoms with Crippen molar-refractivity contribution >= 4 is 5.91 Å². The van der Waals surface area contributed by atoms with Crippen LogP contribution in [0.1, 0.15) is 21.9 Å².